The minimum atomic E-state index is -3.56. The molecule has 2 amide bonds. The van der Waals surface area contributed by atoms with E-state index in [1.165, 1.54) is 12.8 Å². The molecule has 1 spiro atoms. The van der Waals surface area contributed by atoms with Crippen molar-refractivity contribution in [2.45, 2.75) is 48.6 Å². The Morgan fingerprint density at radius 1 is 1.25 bits per heavy atom. The average molecular weight is 407 g/mol. The largest absolute Gasteiger partial charge is 0.335 e. The van der Waals surface area contributed by atoms with Gasteiger partial charge in [-0.15, -0.1) is 0 Å². The van der Waals surface area contributed by atoms with E-state index in [-0.39, 0.29) is 12.1 Å². The first-order valence-corrected chi connectivity index (χ1v) is 11.6. The third-order valence-corrected chi connectivity index (χ3v) is 8.43. The highest BCUT2D eigenvalue weighted by Crippen LogP contribution is 2.49. The number of hydrogen-bond donors (Lipinski definition) is 1. The summed E-state index contributed by atoms with van der Waals surface area (Å²) in [6.07, 6.45) is 5.04. The number of sulfonamides is 1. The van der Waals surface area contributed by atoms with Gasteiger partial charge in [0.1, 0.15) is 0 Å². The van der Waals surface area contributed by atoms with Crippen LogP contribution in [0.15, 0.2) is 29.2 Å². The summed E-state index contributed by atoms with van der Waals surface area (Å²) in [5, 5.41) is 3.15. The minimum absolute atomic E-state index is 0.0573. The van der Waals surface area contributed by atoms with E-state index in [1.807, 2.05) is 31.1 Å². The summed E-state index contributed by atoms with van der Waals surface area (Å²) >= 11 is 0. The van der Waals surface area contributed by atoms with Gasteiger partial charge in [-0.2, -0.15) is 4.31 Å². The van der Waals surface area contributed by atoms with Crippen LogP contribution in [0.25, 0.3) is 0 Å². The number of nitrogens with zero attached hydrogens (tertiary/aromatic N) is 3. The molecule has 3 aliphatic rings. The summed E-state index contributed by atoms with van der Waals surface area (Å²) in [5.74, 6) is 0. The number of rotatable bonds is 4. The molecule has 1 aromatic rings. The molecule has 2 fully saturated rings. The van der Waals surface area contributed by atoms with Gasteiger partial charge in [0.25, 0.3) is 0 Å². The van der Waals surface area contributed by atoms with Crippen LogP contribution in [0.2, 0.25) is 0 Å². The third kappa shape index (κ3) is 3.21. The molecule has 0 bridgehead atoms. The van der Waals surface area contributed by atoms with E-state index >= 15 is 0 Å². The lowest BCUT2D eigenvalue weighted by Crippen LogP contribution is -2.50. The average Bonchev–Trinajstić information content (AvgIpc) is 3.35. The number of amides is 2. The van der Waals surface area contributed by atoms with Crippen molar-refractivity contribution in [1.29, 1.82) is 0 Å². The number of carbonyl (C=O) groups excluding carboxylic acids is 1. The van der Waals surface area contributed by atoms with Crippen LogP contribution >= 0.6 is 0 Å². The third-order valence-electron chi connectivity index (χ3n) is 6.40. The molecule has 7 nitrogen and oxygen atoms in total. The van der Waals surface area contributed by atoms with Crippen molar-refractivity contribution in [1.82, 2.24) is 19.4 Å². The second-order valence-electron chi connectivity index (χ2n) is 8.51. The highest BCUT2D eigenvalue weighted by molar-refractivity contribution is 7.89. The summed E-state index contributed by atoms with van der Waals surface area (Å²) in [6, 6.07) is 7.49. The van der Waals surface area contributed by atoms with Crippen LogP contribution in [-0.4, -0.2) is 74.9 Å². The number of likely N-dealkylation sites (N-methyl/N-ethyl adjacent to an activating group) is 1. The fourth-order valence-corrected chi connectivity index (χ4v) is 6.96. The molecule has 1 N–H and O–H groups in total. The zero-order valence-corrected chi connectivity index (χ0v) is 17.5. The predicted octanol–water partition coefficient (Wildman–Crippen LogP) is 1.81. The predicted molar refractivity (Wildman–Crippen MR) is 108 cm³/mol. The number of hydrogen-bond acceptors (Lipinski definition) is 4. The lowest BCUT2D eigenvalue weighted by molar-refractivity contribution is 0.172. The zero-order valence-electron chi connectivity index (χ0n) is 16.7. The Morgan fingerprint density at radius 2 is 1.96 bits per heavy atom. The van der Waals surface area contributed by atoms with Crippen molar-refractivity contribution < 1.29 is 13.2 Å². The molecular formula is C20H30N4O3S. The van der Waals surface area contributed by atoms with Gasteiger partial charge >= 0.3 is 6.03 Å². The molecule has 154 valence electrons. The lowest BCUT2D eigenvalue weighted by atomic mass is 9.89. The molecule has 1 saturated carbocycles. The number of nitrogens with one attached hydrogen (secondary N) is 1. The maximum absolute atomic E-state index is 13.3. The van der Waals surface area contributed by atoms with E-state index in [4.69, 9.17) is 0 Å². The summed E-state index contributed by atoms with van der Waals surface area (Å²) < 4.78 is 28.2. The Balaban J connectivity index is 1.62. The molecule has 4 rings (SSSR count). The molecule has 2 heterocycles. The van der Waals surface area contributed by atoms with Gasteiger partial charge in [-0.05, 0) is 45.0 Å². The van der Waals surface area contributed by atoms with Crippen LogP contribution in [0, 0.1) is 0 Å². The Bertz CT molecular complexity index is 851. The minimum Gasteiger partial charge on any atom is -0.335 e. The quantitative estimate of drug-likeness (QED) is 0.828. The number of fused-ring (bicyclic) bond motifs is 2. The molecule has 1 aliphatic carbocycles. The maximum atomic E-state index is 13.3. The molecule has 2 aliphatic heterocycles. The van der Waals surface area contributed by atoms with E-state index in [2.05, 4.69) is 5.32 Å². The Morgan fingerprint density at radius 3 is 2.68 bits per heavy atom. The van der Waals surface area contributed by atoms with Gasteiger partial charge in [-0.1, -0.05) is 31.0 Å². The standard InChI is InChI=1S/C20H30N4O3S/c1-22(2)13-14-24-20(17-9-5-6-10-18(17)28(24,26)27)11-12-23(15-20)19(25)21-16-7-3-4-8-16/h5-6,9-10,16H,3-4,7-8,11-15H2,1-2H3,(H,21,25)/t20-/m1/s1. The van der Waals surface area contributed by atoms with Crippen LogP contribution in [0.1, 0.15) is 37.7 Å². The van der Waals surface area contributed by atoms with E-state index in [9.17, 15) is 13.2 Å². The normalized spacial score (nSPS) is 27.0. The summed E-state index contributed by atoms with van der Waals surface area (Å²) in [5.41, 5.74) is 0.184. The Labute approximate surface area is 167 Å². The van der Waals surface area contributed by atoms with Gasteiger partial charge in [0.05, 0.1) is 10.4 Å². The Kier molecular flexibility index (Phi) is 5.14. The van der Waals surface area contributed by atoms with Crippen LogP contribution in [0.3, 0.4) is 0 Å². The summed E-state index contributed by atoms with van der Waals surface area (Å²) in [4.78, 5) is 17.0. The van der Waals surface area contributed by atoms with Gasteiger partial charge in [-0.25, -0.2) is 13.2 Å². The SMILES string of the molecule is CN(C)CCN1[C@@]2(CCN(C(=O)NC3CCCC3)C2)c2ccccc2S1(=O)=O. The van der Waals surface area contributed by atoms with Crippen molar-refractivity contribution in [2.24, 2.45) is 0 Å². The van der Waals surface area contributed by atoms with Crippen LogP contribution < -0.4 is 5.32 Å². The van der Waals surface area contributed by atoms with Gasteiger partial charge < -0.3 is 15.1 Å². The molecule has 1 aromatic carbocycles. The molecule has 1 saturated heterocycles. The maximum Gasteiger partial charge on any atom is 0.317 e. The number of urea groups is 1. The lowest BCUT2D eigenvalue weighted by Gasteiger charge is -2.34. The molecular weight excluding hydrogens is 376 g/mol. The zero-order chi connectivity index (χ0) is 19.9. The van der Waals surface area contributed by atoms with Crippen molar-refractivity contribution in [3.8, 4) is 0 Å². The van der Waals surface area contributed by atoms with Crippen LogP contribution in [0.5, 0.6) is 0 Å². The number of carbonyl (C=O) groups is 1. The first-order chi connectivity index (χ1) is 13.3. The summed E-state index contributed by atoms with van der Waals surface area (Å²) in [6.45, 7) is 2.04. The topological polar surface area (TPSA) is 73.0 Å². The van der Waals surface area contributed by atoms with Crippen molar-refractivity contribution in [2.75, 3.05) is 40.3 Å². The molecule has 1 atom stereocenters. The second kappa shape index (κ2) is 7.31. The van der Waals surface area contributed by atoms with Crippen LogP contribution in [0.4, 0.5) is 4.79 Å². The number of benzene rings is 1. The first-order valence-electron chi connectivity index (χ1n) is 10.2. The number of likely N-dealkylation sites (tertiary alicyclic amines) is 1. The van der Waals surface area contributed by atoms with Crippen molar-refractivity contribution in [3.05, 3.63) is 29.8 Å². The first kappa shape index (κ1) is 19.7. The van der Waals surface area contributed by atoms with Gasteiger partial charge in [-0.3, -0.25) is 0 Å². The second-order valence-corrected chi connectivity index (χ2v) is 10.3. The molecule has 8 heteroatoms. The highest BCUT2D eigenvalue weighted by atomic mass is 32.2. The van der Waals surface area contributed by atoms with E-state index in [0.29, 0.717) is 37.5 Å². The Hall–Kier alpha value is -1.64. The van der Waals surface area contributed by atoms with Crippen LogP contribution in [-0.2, 0) is 15.6 Å². The highest BCUT2D eigenvalue weighted by Gasteiger charge is 2.57. The molecule has 0 radical (unpaired) electrons. The van der Waals surface area contributed by atoms with Gasteiger partial charge in [0.15, 0.2) is 0 Å². The van der Waals surface area contributed by atoms with E-state index in [0.717, 1.165) is 18.4 Å². The van der Waals surface area contributed by atoms with Crippen molar-refractivity contribution in [3.63, 3.8) is 0 Å². The van der Waals surface area contributed by atoms with Crippen molar-refractivity contribution >= 4 is 16.1 Å². The van der Waals surface area contributed by atoms with E-state index in [1.54, 1.807) is 21.3 Å². The van der Waals surface area contributed by atoms with Gasteiger partial charge in [0, 0.05) is 32.2 Å². The molecule has 0 unspecified atom stereocenters. The summed E-state index contributed by atoms with van der Waals surface area (Å²) in [7, 11) is 0.329. The van der Waals surface area contributed by atoms with Gasteiger partial charge in [0.2, 0.25) is 10.0 Å². The molecule has 0 aromatic heterocycles. The van der Waals surface area contributed by atoms with E-state index < -0.39 is 15.6 Å². The molecule has 28 heavy (non-hydrogen) atoms. The monoisotopic (exact) mass is 406 g/mol. The fourth-order valence-electron chi connectivity index (χ4n) is 4.91. The fraction of sp³-hybridized carbons (Fsp3) is 0.650. The smallest absolute Gasteiger partial charge is 0.317 e.